The quantitative estimate of drug-likeness (QED) is 0.677. The van der Waals surface area contributed by atoms with Crippen molar-refractivity contribution in [3.63, 3.8) is 0 Å². The summed E-state index contributed by atoms with van der Waals surface area (Å²) >= 11 is 1.72. The molecule has 0 saturated carbocycles. The number of piperazine rings is 1. The van der Waals surface area contributed by atoms with E-state index >= 15 is 0 Å². The Bertz CT molecular complexity index is 837. The molecule has 6 rings (SSSR count). The van der Waals surface area contributed by atoms with E-state index in [2.05, 4.69) is 19.8 Å². The average Bonchev–Trinajstić information content (AvgIpc) is 2.97. The second kappa shape index (κ2) is 4.86. The van der Waals surface area contributed by atoms with Gasteiger partial charge in [-0.15, -0.1) is 0 Å². The van der Waals surface area contributed by atoms with Gasteiger partial charge in [-0.3, -0.25) is 4.98 Å². The Morgan fingerprint density at radius 1 is 1.17 bits per heavy atom. The Balaban J connectivity index is 1.40. The molecule has 5 nitrogen and oxygen atoms in total. The number of fused-ring (bicyclic) bond motifs is 3. The van der Waals surface area contributed by atoms with Crippen LogP contribution in [0.4, 0.5) is 15.2 Å². The van der Waals surface area contributed by atoms with Gasteiger partial charge in [-0.05, 0) is 18.6 Å². The van der Waals surface area contributed by atoms with E-state index in [0.29, 0.717) is 12.1 Å². The van der Waals surface area contributed by atoms with E-state index in [1.165, 1.54) is 23.4 Å². The molecule has 0 radical (unpaired) electrons. The van der Waals surface area contributed by atoms with E-state index in [4.69, 9.17) is 4.98 Å². The maximum Gasteiger partial charge on any atom is 0.214 e. The third kappa shape index (κ3) is 2.07. The first-order chi connectivity index (χ1) is 11.3. The van der Waals surface area contributed by atoms with Crippen LogP contribution in [0.2, 0.25) is 0 Å². The highest BCUT2D eigenvalue weighted by Crippen LogP contribution is 2.41. The van der Waals surface area contributed by atoms with Gasteiger partial charge < -0.3 is 9.80 Å². The lowest BCUT2D eigenvalue weighted by molar-refractivity contribution is 0.291. The highest BCUT2D eigenvalue weighted by molar-refractivity contribution is 7.22. The van der Waals surface area contributed by atoms with Gasteiger partial charge in [-0.2, -0.15) is 4.39 Å². The van der Waals surface area contributed by atoms with Crippen molar-refractivity contribution in [2.24, 2.45) is 0 Å². The van der Waals surface area contributed by atoms with Gasteiger partial charge in [0.2, 0.25) is 5.95 Å². The number of piperidine rings is 1. The SMILES string of the molecule is Fc1cc(N2CC3CC(C2)N3c2nc3cnccc3s2)ccn1. The number of hydrogen-bond donors (Lipinski definition) is 0. The highest BCUT2D eigenvalue weighted by atomic mass is 32.1. The third-order valence-electron chi connectivity index (χ3n) is 4.67. The lowest BCUT2D eigenvalue weighted by atomic mass is 9.88. The van der Waals surface area contributed by atoms with E-state index in [-0.39, 0.29) is 0 Å². The fraction of sp³-hybridized carbons (Fsp3) is 0.312. The molecule has 0 N–H and O–H groups in total. The minimum atomic E-state index is -0.419. The van der Waals surface area contributed by atoms with Crippen LogP contribution in [0.25, 0.3) is 10.2 Å². The lowest BCUT2D eigenvalue weighted by Gasteiger charge is -2.56. The summed E-state index contributed by atoms with van der Waals surface area (Å²) in [5, 5.41) is 1.08. The number of anilines is 2. The molecule has 0 spiro atoms. The van der Waals surface area contributed by atoms with Crippen LogP contribution in [0.3, 0.4) is 0 Å². The molecule has 6 heterocycles. The Morgan fingerprint density at radius 3 is 2.83 bits per heavy atom. The fourth-order valence-corrected chi connectivity index (χ4v) is 4.68. The maximum absolute atomic E-state index is 13.3. The summed E-state index contributed by atoms with van der Waals surface area (Å²) in [6.07, 6.45) is 6.33. The zero-order valence-corrected chi connectivity index (χ0v) is 13.1. The van der Waals surface area contributed by atoms with Gasteiger partial charge in [0, 0.05) is 37.2 Å². The van der Waals surface area contributed by atoms with Crippen LogP contribution in [0.15, 0.2) is 36.8 Å². The van der Waals surface area contributed by atoms with Gasteiger partial charge in [-0.1, -0.05) is 11.3 Å². The van der Waals surface area contributed by atoms with Crippen LogP contribution in [0.1, 0.15) is 6.42 Å². The van der Waals surface area contributed by atoms with Crippen LogP contribution in [0, 0.1) is 5.95 Å². The zero-order valence-electron chi connectivity index (χ0n) is 12.3. The van der Waals surface area contributed by atoms with Crippen molar-refractivity contribution in [3.8, 4) is 0 Å². The first kappa shape index (κ1) is 13.2. The fourth-order valence-electron chi connectivity index (χ4n) is 3.60. The number of aromatic nitrogens is 3. The summed E-state index contributed by atoms with van der Waals surface area (Å²) in [4.78, 5) is 17.2. The molecule has 3 saturated heterocycles. The summed E-state index contributed by atoms with van der Waals surface area (Å²) < 4.78 is 14.5. The number of hydrogen-bond acceptors (Lipinski definition) is 6. The van der Waals surface area contributed by atoms with Gasteiger partial charge in [0.15, 0.2) is 5.13 Å². The first-order valence-corrected chi connectivity index (χ1v) is 8.45. The van der Waals surface area contributed by atoms with E-state index in [9.17, 15) is 4.39 Å². The van der Waals surface area contributed by atoms with E-state index in [0.717, 1.165) is 29.4 Å². The van der Waals surface area contributed by atoms with Crippen molar-refractivity contribution < 1.29 is 4.39 Å². The van der Waals surface area contributed by atoms with Crippen LogP contribution >= 0.6 is 11.3 Å². The van der Waals surface area contributed by atoms with Gasteiger partial charge in [0.05, 0.1) is 23.0 Å². The number of rotatable bonds is 2. The van der Waals surface area contributed by atoms with Gasteiger partial charge in [0.1, 0.15) is 5.52 Å². The predicted molar refractivity (Wildman–Crippen MR) is 88.5 cm³/mol. The topological polar surface area (TPSA) is 45.2 Å². The number of nitrogens with zero attached hydrogens (tertiary/aromatic N) is 5. The molecular weight excluding hydrogens is 313 g/mol. The molecular formula is C16H14FN5S. The van der Waals surface area contributed by atoms with Crippen LogP contribution in [0.5, 0.6) is 0 Å². The van der Waals surface area contributed by atoms with Crippen molar-refractivity contribution in [1.82, 2.24) is 15.0 Å². The maximum atomic E-state index is 13.3. The smallest absolute Gasteiger partial charge is 0.214 e. The number of thiazole rings is 1. The Kier molecular flexibility index (Phi) is 2.78. The van der Waals surface area contributed by atoms with Crippen molar-refractivity contribution in [2.45, 2.75) is 18.5 Å². The second-order valence-corrected chi connectivity index (χ2v) is 7.04. The van der Waals surface area contributed by atoms with Gasteiger partial charge in [-0.25, -0.2) is 9.97 Å². The summed E-state index contributed by atoms with van der Waals surface area (Å²) in [7, 11) is 0. The van der Waals surface area contributed by atoms with Crippen LogP contribution < -0.4 is 9.80 Å². The molecule has 7 heteroatoms. The molecule has 3 aromatic rings. The zero-order chi connectivity index (χ0) is 15.4. The molecule has 2 bridgehead atoms. The summed E-state index contributed by atoms with van der Waals surface area (Å²) in [5.74, 6) is -0.419. The van der Waals surface area contributed by atoms with Gasteiger partial charge >= 0.3 is 0 Å². The van der Waals surface area contributed by atoms with E-state index in [1.54, 1.807) is 17.5 Å². The molecule has 116 valence electrons. The molecule has 3 aromatic heterocycles. The minimum Gasteiger partial charge on any atom is -0.367 e. The van der Waals surface area contributed by atoms with Crippen molar-refractivity contribution >= 4 is 32.4 Å². The molecule has 0 aliphatic carbocycles. The molecule has 3 aliphatic heterocycles. The predicted octanol–water partition coefficient (Wildman–Crippen LogP) is 2.69. The highest BCUT2D eigenvalue weighted by Gasteiger charge is 2.46. The van der Waals surface area contributed by atoms with Gasteiger partial charge in [0.25, 0.3) is 0 Å². The molecule has 3 aliphatic rings. The summed E-state index contributed by atoms with van der Waals surface area (Å²) in [5.41, 5.74) is 1.88. The molecule has 2 atom stereocenters. The summed E-state index contributed by atoms with van der Waals surface area (Å²) in [6, 6.07) is 6.29. The van der Waals surface area contributed by atoms with E-state index in [1.807, 2.05) is 18.3 Å². The summed E-state index contributed by atoms with van der Waals surface area (Å²) in [6.45, 7) is 1.79. The van der Waals surface area contributed by atoms with Crippen molar-refractivity contribution in [1.29, 1.82) is 0 Å². The Hall–Kier alpha value is -2.28. The molecule has 0 amide bonds. The molecule has 23 heavy (non-hydrogen) atoms. The molecule has 3 fully saturated rings. The van der Waals surface area contributed by atoms with Crippen LogP contribution in [-0.4, -0.2) is 40.1 Å². The second-order valence-electron chi connectivity index (χ2n) is 6.03. The first-order valence-electron chi connectivity index (χ1n) is 7.63. The number of halogens is 1. The monoisotopic (exact) mass is 327 g/mol. The minimum absolute atomic E-state index is 0.419. The average molecular weight is 327 g/mol. The van der Waals surface area contributed by atoms with Crippen molar-refractivity contribution in [3.05, 3.63) is 42.7 Å². The van der Waals surface area contributed by atoms with Crippen molar-refractivity contribution in [2.75, 3.05) is 22.9 Å². The van der Waals surface area contributed by atoms with E-state index < -0.39 is 5.95 Å². The Labute approximate surface area is 136 Å². The normalized spacial score (nSPS) is 23.2. The third-order valence-corrected chi connectivity index (χ3v) is 5.72. The Morgan fingerprint density at radius 2 is 2.04 bits per heavy atom. The lowest BCUT2D eigenvalue weighted by Crippen LogP contribution is -2.69. The largest absolute Gasteiger partial charge is 0.367 e. The standard InChI is InChI=1S/C16H14FN5S/c17-15-6-10(1-4-19-15)21-8-11-5-12(9-21)22(11)16-20-13-7-18-3-2-14(13)23-16/h1-4,6-7,11-12H,5,8-9H2. The number of pyridine rings is 2. The van der Waals surface area contributed by atoms with Crippen LogP contribution in [-0.2, 0) is 0 Å². The molecule has 0 aromatic carbocycles. The molecule has 2 unspecified atom stereocenters.